The van der Waals surface area contributed by atoms with Crippen LogP contribution in [0.4, 0.5) is 4.39 Å². The van der Waals surface area contributed by atoms with Gasteiger partial charge < -0.3 is 16.4 Å². The lowest BCUT2D eigenvalue weighted by molar-refractivity contribution is -0.121. The van der Waals surface area contributed by atoms with Crippen LogP contribution in [0.1, 0.15) is 40.2 Å². The molecule has 1 unspecified atom stereocenters. The number of aliphatic imine (C=N–C) groups is 1. The number of nitrogens with zero attached hydrogens (tertiary/aromatic N) is 2. The molecule has 29 heavy (non-hydrogen) atoms. The molecule has 0 heterocycles. The van der Waals surface area contributed by atoms with E-state index in [2.05, 4.69) is 48.2 Å². The number of primary amides is 1. The Morgan fingerprint density at radius 3 is 2.21 bits per heavy atom. The minimum atomic E-state index is -0.441. The van der Waals surface area contributed by atoms with Crippen molar-refractivity contribution in [3.05, 3.63) is 35.6 Å². The fraction of sp³-hybridized carbons (Fsp3) is 0.619. The van der Waals surface area contributed by atoms with E-state index in [-0.39, 0.29) is 36.3 Å². The van der Waals surface area contributed by atoms with Crippen molar-refractivity contribution >= 4 is 35.8 Å². The Kier molecular flexibility index (Phi) is 13.8. The SMILES string of the molecule is CCNC(=NCC(Cc1ccc(F)cc1)C(N)=O)NCCN(C(C)C)C(C)C.I. The number of guanidine groups is 1. The molecule has 8 heteroatoms. The van der Waals surface area contributed by atoms with Crippen molar-refractivity contribution in [2.45, 2.75) is 53.1 Å². The Labute approximate surface area is 191 Å². The number of rotatable bonds is 11. The standard InChI is InChI=1S/C21H36FN5O.HI/c1-6-24-21(25-11-12-27(15(2)3)16(4)5)26-14-18(20(23)28)13-17-7-9-19(22)10-8-17;/h7-10,15-16,18H,6,11-14H2,1-5H3,(H2,23,28)(H2,24,25,26);1H. The lowest BCUT2D eigenvalue weighted by atomic mass is 9.99. The first kappa shape index (κ1) is 27.6. The van der Waals surface area contributed by atoms with Crippen molar-refractivity contribution in [1.82, 2.24) is 15.5 Å². The molecular formula is C21H37FIN5O. The smallest absolute Gasteiger partial charge is 0.222 e. The number of hydrogen-bond acceptors (Lipinski definition) is 3. The summed E-state index contributed by atoms with van der Waals surface area (Å²) in [5.41, 5.74) is 6.42. The third-order valence-electron chi connectivity index (χ3n) is 4.60. The molecule has 0 aliphatic rings. The third-order valence-corrected chi connectivity index (χ3v) is 4.60. The second kappa shape index (κ2) is 14.5. The van der Waals surface area contributed by atoms with Crippen molar-refractivity contribution in [2.24, 2.45) is 16.6 Å². The van der Waals surface area contributed by atoms with Gasteiger partial charge in [-0.25, -0.2) is 4.39 Å². The zero-order valence-corrected chi connectivity index (χ0v) is 20.6. The summed E-state index contributed by atoms with van der Waals surface area (Å²) in [5.74, 6) is -0.480. The monoisotopic (exact) mass is 521 g/mol. The van der Waals surface area contributed by atoms with E-state index in [0.717, 1.165) is 25.2 Å². The van der Waals surface area contributed by atoms with Crippen LogP contribution < -0.4 is 16.4 Å². The van der Waals surface area contributed by atoms with Crippen molar-refractivity contribution in [3.63, 3.8) is 0 Å². The molecule has 0 aromatic heterocycles. The van der Waals surface area contributed by atoms with Gasteiger partial charge in [-0.1, -0.05) is 12.1 Å². The Hall–Kier alpha value is -1.42. The molecule has 166 valence electrons. The van der Waals surface area contributed by atoms with Gasteiger partial charge in [0.1, 0.15) is 5.82 Å². The minimum absolute atomic E-state index is 0. The molecule has 1 amide bonds. The number of benzene rings is 1. The predicted octanol–water partition coefficient (Wildman–Crippen LogP) is 2.76. The van der Waals surface area contributed by atoms with Crippen LogP contribution in [0.5, 0.6) is 0 Å². The summed E-state index contributed by atoms with van der Waals surface area (Å²) in [6, 6.07) is 7.05. The molecule has 6 nitrogen and oxygen atoms in total. The van der Waals surface area contributed by atoms with Gasteiger partial charge in [-0.2, -0.15) is 0 Å². The molecule has 1 aromatic rings. The van der Waals surface area contributed by atoms with Crippen LogP contribution >= 0.6 is 24.0 Å². The Morgan fingerprint density at radius 1 is 1.14 bits per heavy atom. The molecule has 0 bridgehead atoms. The molecule has 0 aliphatic carbocycles. The maximum Gasteiger partial charge on any atom is 0.222 e. The largest absolute Gasteiger partial charge is 0.369 e. The van der Waals surface area contributed by atoms with E-state index in [4.69, 9.17) is 5.73 Å². The molecule has 0 fully saturated rings. The van der Waals surface area contributed by atoms with Gasteiger partial charge in [0.15, 0.2) is 5.96 Å². The second-order valence-electron chi connectivity index (χ2n) is 7.50. The number of carbonyl (C=O) groups is 1. The summed E-state index contributed by atoms with van der Waals surface area (Å²) in [6.07, 6.45) is 0.437. The quantitative estimate of drug-likeness (QED) is 0.238. The van der Waals surface area contributed by atoms with Gasteiger partial charge in [0, 0.05) is 31.7 Å². The summed E-state index contributed by atoms with van der Waals surface area (Å²) in [5, 5.41) is 6.52. The summed E-state index contributed by atoms with van der Waals surface area (Å²) in [7, 11) is 0. The van der Waals surface area contributed by atoms with Crippen molar-refractivity contribution < 1.29 is 9.18 Å². The molecule has 4 N–H and O–H groups in total. The van der Waals surface area contributed by atoms with Crippen LogP contribution in [0.15, 0.2) is 29.3 Å². The molecule has 1 rings (SSSR count). The van der Waals surface area contributed by atoms with E-state index in [0.29, 0.717) is 24.5 Å². The summed E-state index contributed by atoms with van der Waals surface area (Å²) in [4.78, 5) is 18.8. The van der Waals surface area contributed by atoms with Crippen molar-refractivity contribution in [3.8, 4) is 0 Å². The molecule has 0 aliphatic heterocycles. The van der Waals surface area contributed by atoms with Crippen LogP contribution in [0.25, 0.3) is 0 Å². The highest BCUT2D eigenvalue weighted by molar-refractivity contribution is 14.0. The first-order valence-electron chi connectivity index (χ1n) is 10.1. The number of carbonyl (C=O) groups excluding carboxylic acids is 1. The Morgan fingerprint density at radius 2 is 1.72 bits per heavy atom. The van der Waals surface area contributed by atoms with E-state index in [1.165, 1.54) is 12.1 Å². The lowest BCUT2D eigenvalue weighted by Crippen LogP contribution is -2.45. The number of halogens is 2. The van der Waals surface area contributed by atoms with E-state index in [1.54, 1.807) is 12.1 Å². The molecule has 1 aromatic carbocycles. The molecule has 1 atom stereocenters. The van der Waals surface area contributed by atoms with E-state index >= 15 is 0 Å². The van der Waals surface area contributed by atoms with Gasteiger partial charge in [0.2, 0.25) is 5.91 Å². The zero-order valence-electron chi connectivity index (χ0n) is 18.2. The number of hydrogen-bond donors (Lipinski definition) is 3. The van der Waals surface area contributed by atoms with Gasteiger partial charge in [-0.3, -0.25) is 14.7 Å². The van der Waals surface area contributed by atoms with E-state index in [1.807, 2.05) is 6.92 Å². The summed E-state index contributed by atoms with van der Waals surface area (Å²) >= 11 is 0. The van der Waals surface area contributed by atoms with Crippen LogP contribution in [0.2, 0.25) is 0 Å². The first-order chi connectivity index (χ1) is 13.2. The average Bonchev–Trinajstić information content (AvgIpc) is 2.62. The predicted molar refractivity (Wildman–Crippen MR) is 129 cm³/mol. The molecule has 0 spiro atoms. The first-order valence-corrected chi connectivity index (χ1v) is 10.1. The highest BCUT2D eigenvalue weighted by Gasteiger charge is 2.17. The number of amides is 1. The number of nitrogens with one attached hydrogen (secondary N) is 2. The fourth-order valence-corrected chi connectivity index (χ4v) is 3.12. The summed E-state index contributed by atoms with van der Waals surface area (Å²) in [6.45, 7) is 13.4. The van der Waals surface area contributed by atoms with Gasteiger partial charge in [-0.05, 0) is 58.7 Å². The third kappa shape index (κ3) is 10.8. The van der Waals surface area contributed by atoms with Crippen molar-refractivity contribution in [2.75, 3.05) is 26.2 Å². The average molecular weight is 521 g/mol. The van der Waals surface area contributed by atoms with Gasteiger partial charge in [0.25, 0.3) is 0 Å². The number of nitrogens with two attached hydrogens (primary N) is 1. The Bertz CT molecular complexity index is 614. The normalized spacial score (nSPS) is 12.8. The maximum atomic E-state index is 13.1. The summed E-state index contributed by atoms with van der Waals surface area (Å²) < 4.78 is 13.1. The van der Waals surface area contributed by atoms with E-state index < -0.39 is 11.8 Å². The minimum Gasteiger partial charge on any atom is -0.369 e. The molecule has 0 saturated carbocycles. The highest BCUT2D eigenvalue weighted by Crippen LogP contribution is 2.10. The van der Waals surface area contributed by atoms with Crippen LogP contribution in [-0.4, -0.2) is 55.0 Å². The molecular weight excluding hydrogens is 484 g/mol. The maximum absolute atomic E-state index is 13.1. The van der Waals surface area contributed by atoms with E-state index in [9.17, 15) is 9.18 Å². The van der Waals surface area contributed by atoms with Crippen LogP contribution in [-0.2, 0) is 11.2 Å². The second-order valence-corrected chi connectivity index (χ2v) is 7.50. The Balaban J connectivity index is 0.00000784. The van der Waals surface area contributed by atoms with Crippen molar-refractivity contribution in [1.29, 1.82) is 0 Å². The highest BCUT2D eigenvalue weighted by atomic mass is 127. The zero-order chi connectivity index (χ0) is 21.1. The lowest BCUT2D eigenvalue weighted by Gasteiger charge is -2.30. The van der Waals surface area contributed by atoms with Gasteiger partial charge >= 0.3 is 0 Å². The van der Waals surface area contributed by atoms with Gasteiger partial charge in [-0.15, -0.1) is 24.0 Å². The molecule has 0 radical (unpaired) electrons. The fourth-order valence-electron chi connectivity index (χ4n) is 3.12. The van der Waals surface area contributed by atoms with Crippen LogP contribution in [0.3, 0.4) is 0 Å². The topological polar surface area (TPSA) is 82.7 Å². The molecule has 0 saturated heterocycles. The van der Waals surface area contributed by atoms with Crippen LogP contribution in [0, 0.1) is 11.7 Å². The van der Waals surface area contributed by atoms with Gasteiger partial charge in [0.05, 0.1) is 12.5 Å².